The van der Waals surface area contributed by atoms with Crippen LogP contribution in [0.5, 0.6) is 0 Å². The molecule has 27 heavy (non-hydrogen) atoms. The minimum absolute atomic E-state index is 0.834. The number of allylic oxidation sites excluding steroid dienone is 1. The molecule has 0 aliphatic rings. The van der Waals surface area contributed by atoms with Crippen LogP contribution in [0.2, 0.25) is 0 Å². The van der Waals surface area contributed by atoms with Gasteiger partial charge >= 0.3 is 0 Å². The highest BCUT2D eigenvalue weighted by Gasteiger charge is 1.98. The minimum atomic E-state index is 0.834. The fraction of sp³-hybridized carbons (Fsp3) is 0.292. The van der Waals surface area contributed by atoms with Crippen LogP contribution in [0.3, 0.4) is 0 Å². The van der Waals surface area contributed by atoms with E-state index >= 15 is 0 Å². The normalized spacial score (nSPS) is 9.70. The summed E-state index contributed by atoms with van der Waals surface area (Å²) in [5, 5.41) is 6.91. The summed E-state index contributed by atoms with van der Waals surface area (Å²) >= 11 is 0. The molecule has 1 heterocycles. The first-order valence-corrected chi connectivity index (χ1v) is 9.46. The summed E-state index contributed by atoms with van der Waals surface area (Å²) in [5.74, 6) is 0. The Balaban J connectivity index is 0.00000114. The lowest BCUT2D eigenvalue weighted by Crippen LogP contribution is -2.16. The molecule has 0 spiro atoms. The summed E-state index contributed by atoms with van der Waals surface area (Å²) in [6.45, 7) is 17.8. The molecule has 1 aromatic carbocycles. The van der Waals surface area contributed by atoms with Crippen molar-refractivity contribution in [1.29, 1.82) is 0 Å². The molecule has 0 radical (unpaired) electrons. The van der Waals surface area contributed by atoms with E-state index in [4.69, 9.17) is 0 Å². The number of benzene rings is 1. The van der Waals surface area contributed by atoms with Crippen molar-refractivity contribution in [1.82, 2.24) is 10.3 Å². The van der Waals surface area contributed by atoms with E-state index in [1.54, 1.807) is 6.08 Å². The van der Waals surface area contributed by atoms with Crippen LogP contribution in [0, 0.1) is 6.92 Å². The molecule has 1 aromatic heterocycles. The predicted molar refractivity (Wildman–Crippen MR) is 121 cm³/mol. The van der Waals surface area contributed by atoms with Gasteiger partial charge in [0.2, 0.25) is 0 Å². The van der Waals surface area contributed by atoms with E-state index in [2.05, 4.69) is 66.5 Å². The first kappa shape index (κ1) is 22.4. The third-order valence-electron chi connectivity index (χ3n) is 3.91. The second-order valence-electron chi connectivity index (χ2n) is 6.30. The van der Waals surface area contributed by atoms with Crippen LogP contribution < -0.4 is 10.6 Å². The lowest BCUT2D eigenvalue weighted by molar-refractivity contribution is 0.625. The number of pyridine rings is 1. The van der Waals surface area contributed by atoms with Gasteiger partial charge in [0.25, 0.3) is 0 Å². The Hall–Kier alpha value is -2.65. The highest BCUT2D eigenvalue weighted by Crippen LogP contribution is 2.18. The van der Waals surface area contributed by atoms with Gasteiger partial charge in [-0.05, 0) is 74.2 Å². The highest BCUT2D eigenvalue weighted by atomic mass is 14.9. The Morgan fingerprint density at radius 2 is 1.67 bits per heavy atom. The Morgan fingerprint density at radius 3 is 2.33 bits per heavy atom. The number of hydrogen-bond acceptors (Lipinski definition) is 3. The van der Waals surface area contributed by atoms with Gasteiger partial charge in [0, 0.05) is 25.0 Å². The van der Waals surface area contributed by atoms with Gasteiger partial charge in [-0.3, -0.25) is 4.98 Å². The van der Waals surface area contributed by atoms with Crippen LogP contribution in [-0.4, -0.2) is 18.1 Å². The number of aromatic nitrogens is 1. The molecule has 3 heteroatoms. The van der Waals surface area contributed by atoms with E-state index in [0.29, 0.717) is 0 Å². The smallest absolute Gasteiger partial charge is 0.0544 e. The molecule has 0 atom stereocenters. The van der Waals surface area contributed by atoms with Crippen molar-refractivity contribution in [3.63, 3.8) is 0 Å². The summed E-state index contributed by atoms with van der Waals surface area (Å²) in [6.07, 6.45) is 9.60. The first-order chi connectivity index (χ1) is 13.1. The van der Waals surface area contributed by atoms with Gasteiger partial charge in [-0.1, -0.05) is 37.5 Å². The van der Waals surface area contributed by atoms with E-state index < -0.39 is 0 Å². The van der Waals surface area contributed by atoms with Crippen molar-refractivity contribution >= 4 is 17.8 Å². The molecule has 3 nitrogen and oxygen atoms in total. The van der Waals surface area contributed by atoms with Crippen molar-refractivity contribution in [3.8, 4) is 0 Å². The minimum Gasteiger partial charge on any atom is -0.385 e. The van der Waals surface area contributed by atoms with Gasteiger partial charge in [-0.25, -0.2) is 0 Å². The molecule has 0 fully saturated rings. The third kappa shape index (κ3) is 9.02. The zero-order chi connectivity index (χ0) is 19.9. The fourth-order valence-corrected chi connectivity index (χ4v) is 2.57. The maximum atomic E-state index is 4.35. The van der Waals surface area contributed by atoms with Crippen molar-refractivity contribution < 1.29 is 0 Å². The number of anilines is 1. The number of rotatable bonds is 10. The second-order valence-corrected chi connectivity index (χ2v) is 6.30. The van der Waals surface area contributed by atoms with E-state index in [0.717, 1.165) is 55.0 Å². The lowest BCUT2D eigenvalue weighted by Gasteiger charge is -2.09. The maximum Gasteiger partial charge on any atom is 0.0544 e. The molecule has 0 bridgehead atoms. The second kappa shape index (κ2) is 13.5. The number of unbranched alkanes of at least 4 members (excludes halogenated alkanes) is 1. The zero-order valence-electron chi connectivity index (χ0n) is 16.8. The molecule has 144 valence electrons. The lowest BCUT2D eigenvalue weighted by atomic mass is 10.1. The van der Waals surface area contributed by atoms with Gasteiger partial charge in [0.05, 0.1) is 5.69 Å². The van der Waals surface area contributed by atoms with Crippen LogP contribution >= 0.6 is 0 Å². The van der Waals surface area contributed by atoms with E-state index in [9.17, 15) is 0 Å². The summed E-state index contributed by atoms with van der Waals surface area (Å²) < 4.78 is 0. The molecule has 2 aromatic rings. The topological polar surface area (TPSA) is 37.0 Å². The van der Waals surface area contributed by atoms with Gasteiger partial charge in [-0.2, -0.15) is 0 Å². The fourth-order valence-electron chi connectivity index (χ4n) is 2.57. The average molecular weight is 364 g/mol. The van der Waals surface area contributed by atoms with Crippen molar-refractivity contribution in [2.45, 2.75) is 33.2 Å². The molecular formula is C24H33N3. The standard InChI is InChI=1S/C21H27N3.C3H6/c1-4-18-8-9-20(15-19(18)5-2)23-12-7-6-11-22-16-21-14-17(3)10-13-24-21;1-3-2/h4-5,8-10,13-15,22-23H,1-2,6-7,11-12,16H2,3H3;3H,1H2,2H3. The van der Waals surface area contributed by atoms with Gasteiger partial charge in [0.1, 0.15) is 0 Å². The maximum absolute atomic E-state index is 4.35. The summed E-state index contributed by atoms with van der Waals surface area (Å²) in [4.78, 5) is 4.35. The largest absolute Gasteiger partial charge is 0.385 e. The molecule has 0 amide bonds. The van der Waals surface area contributed by atoms with Gasteiger partial charge in [-0.15, -0.1) is 6.58 Å². The van der Waals surface area contributed by atoms with Crippen LogP contribution in [0.25, 0.3) is 12.2 Å². The molecule has 0 unspecified atom stereocenters. The van der Waals surface area contributed by atoms with Crippen molar-refractivity contribution in [2.75, 3.05) is 18.4 Å². The Morgan fingerprint density at radius 1 is 0.963 bits per heavy atom. The van der Waals surface area contributed by atoms with Crippen LogP contribution in [0.15, 0.2) is 62.3 Å². The summed E-state index contributed by atoms with van der Waals surface area (Å²) in [5.41, 5.74) is 5.72. The van der Waals surface area contributed by atoms with E-state index in [-0.39, 0.29) is 0 Å². The number of hydrogen-bond donors (Lipinski definition) is 2. The molecule has 0 aliphatic heterocycles. The molecular weight excluding hydrogens is 330 g/mol. The van der Waals surface area contributed by atoms with Crippen molar-refractivity contribution in [3.05, 3.63) is 84.7 Å². The third-order valence-corrected chi connectivity index (χ3v) is 3.91. The SMILES string of the molecule is C=CC.C=Cc1ccc(NCCCCNCc2cc(C)ccn2)cc1C=C. The first-order valence-electron chi connectivity index (χ1n) is 9.46. The summed E-state index contributed by atoms with van der Waals surface area (Å²) in [7, 11) is 0. The summed E-state index contributed by atoms with van der Waals surface area (Å²) in [6, 6.07) is 10.4. The van der Waals surface area contributed by atoms with E-state index in [1.807, 2.05) is 31.3 Å². The van der Waals surface area contributed by atoms with Crippen LogP contribution in [-0.2, 0) is 6.54 Å². The average Bonchev–Trinajstić information content (AvgIpc) is 2.67. The molecule has 2 rings (SSSR count). The van der Waals surface area contributed by atoms with Gasteiger partial charge < -0.3 is 10.6 Å². The number of aryl methyl sites for hydroxylation is 1. The Labute approximate surface area is 164 Å². The quantitative estimate of drug-likeness (QED) is 0.411. The molecule has 2 N–H and O–H groups in total. The highest BCUT2D eigenvalue weighted by molar-refractivity contribution is 5.67. The monoisotopic (exact) mass is 363 g/mol. The van der Waals surface area contributed by atoms with Crippen LogP contribution in [0.4, 0.5) is 5.69 Å². The number of nitrogens with zero attached hydrogens (tertiary/aromatic N) is 1. The zero-order valence-corrected chi connectivity index (χ0v) is 16.8. The van der Waals surface area contributed by atoms with Crippen molar-refractivity contribution in [2.24, 2.45) is 0 Å². The Kier molecular flexibility index (Phi) is 11.2. The Bertz CT molecular complexity index is 719. The number of nitrogens with one attached hydrogen (secondary N) is 2. The molecule has 0 saturated heterocycles. The predicted octanol–water partition coefficient (Wildman–Crippen LogP) is 5.85. The van der Waals surface area contributed by atoms with E-state index in [1.165, 1.54) is 5.56 Å². The molecule has 0 aliphatic carbocycles. The van der Waals surface area contributed by atoms with Gasteiger partial charge in [0.15, 0.2) is 0 Å². The van der Waals surface area contributed by atoms with Crippen LogP contribution in [0.1, 0.15) is 42.1 Å². The molecule has 0 saturated carbocycles.